The van der Waals surface area contributed by atoms with Gasteiger partial charge in [0.25, 0.3) is 17.7 Å². The Labute approximate surface area is 221 Å². The van der Waals surface area contributed by atoms with Crippen molar-refractivity contribution in [1.82, 2.24) is 15.3 Å². The van der Waals surface area contributed by atoms with Gasteiger partial charge in [0.05, 0.1) is 0 Å². The highest BCUT2D eigenvalue weighted by molar-refractivity contribution is 6.06. The molecule has 2 fully saturated rings. The summed E-state index contributed by atoms with van der Waals surface area (Å²) >= 11 is 0. The molecule has 3 aliphatic heterocycles. The van der Waals surface area contributed by atoms with Crippen molar-refractivity contribution < 1.29 is 41.9 Å². The molecule has 0 bridgehead atoms. The number of aryl methyl sites for hydroxylation is 1. The van der Waals surface area contributed by atoms with Crippen LogP contribution in [0.4, 0.5) is 13.2 Å². The normalized spacial score (nSPS) is 20.3. The van der Waals surface area contributed by atoms with Crippen LogP contribution in [0.3, 0.4) is 0 Å². The van der Waals surface area contributed by atoms with Crippen molar-refractivity contribution in [2.75, 3.05) is 13.1 Å². The van der Waals surface area contributed by atoms with Gasteiger partial charge in [0.1, 0.15) is 17.9 Å². The van der Waals surface area contributed by atoms with Crippen molar-refractivity contribution in [2.45, 2.75) is 57.5 Å². The molecule has 0 radical (unpaired) electrons. The molecule has 2 aromatic rings. The summed E-state index contributed by atoms with van der Waals surface area (Å²) in [5.41, 5.74) is 3.57. The fourth-order valence-corrected chi connectivity index (χ4v) is 5.24. The lowest BCUT2D eigenvalue weighted by atomic mass is 9.94. The van der Waals surface area contributed by atoms with Crippen molar-refractivity contribution >= 4 is 23.7 Å². The van der Waals surface area contributed by atoms with Gasteiger partial charge in [0.2, 0.25) is 0 Å². The molecule has 12 heteroatoms. The van der Waals surface area contributed by atoms with Crippen molar-refractivity contribution in [3.8, 4) is 16.9 Å². The molecular formula is C27H26F3N3O6. The van der Waals surface area contributed by atoms with Crippen molar-refractivity contribution in [3.05, 3.63) is 53.1 Å². The van der Waals surface area contributed by atoms with Crippen LogP contribution < -0.4 is 10.1 Å². The third kappa shape index (κ3) is 5.20. The van der Waals surface area contributed by atoms with Crippen LogP contribution >= 0.6 is 0 Å². The molecule has 0 spiro atoms. The monoisotopic (exact) mass is 545 g/mol. The lowest BCUT2D eigenvalue weighted by Crippen LogP contribution is -2.55. The second-order valence-electron chi connectivity index (χ2n) is 9.77. The molecule has 3 aliphatic rings. The van der Waals surface area contributed by atoms with Crippen LogP contribution in [0.25, 0.3) is 11.1 Å². The van der Waals surface area contributed by atoms with Crippen molar-refractivity contribution in [3.63, 3.8) is 0 Å². The van der Waals surface area contributed by atoms with Gasteiger partial charge in [-0.15, -0.1) is 5.06 Å². The highest BCUT2D eigenvalue weighted by Crippen LogP contribution is 2.37. The Morgan fingerprint density at radius 1 is 1.00 bits per heavy atom. The van der Waals surface area contributed by atoms with Crippen molar-refractivity contribution in [2.24, 2.45) is 0 Å². The van der Waals surface area contributed by atoms with Gasteiger partial charge in [-0.2, -0.15) is 13.2 Å². The molecule has 5 rings (SSSR count). The first-order chi connectivity index (χ1) is 18.5. The number of hydroxylamine groups is 2. The quantitative estimate of drug-likeness (QED) is 0.575. The highest BCUT2D eigenvalue weighted by atomic mass is 19.4. The number of nitrogens with zero attached hydrogens (tertiary/aromatic N) is 2. The first kappa shape index (κ1) is 26.7. The number of imide groups is 1. The number of alkyl halides is 3. The maximum atomic E-state index is 13.3. The van der Waals surface area contributed by atoms with Crippen LogP contribution in [0, 0.1) is 6.92 Å². The fraction of sp³-hybridized carbons (Fsp3) is 0.407. The Bertz CT molecular complexity index is 1340. The van der Waals surface area contributed by atoms with Gasteiger partial charge in [-0.25, -0.2) is 4.79 Å². The minimum absolute atomic E-state index is 0.00274. The molecule has 0 aromatic heterocycles. The van der Waals surface area contributed by atoms with Gasteiger partial charge in [0, 0.05) is 18.5 Å². The summed E-state index contributed by atoms with van der Waals surface area (Å²) in [6.07, 6.45) is -3.89. The van der Waals surface area contributed by atoms with Gasteiger partial charge in [-0.3, -0.25) is 14.4 Å². The largest absolute Gasteiger partial charge is 0.493 e. The minimum Gasteiger partial charge on any atom is -0.490 e. The van der Waals surface area contributed by atoms with Gasteiger partial charge >= 0.3 is 12.1 Å². The number of benzene rings is 2. The average Bonchev–Trinajstić information content (AvgIpc) is 3.23. The number of fused-ring (bicyclic) bond motifs is 1. The molecule has 39 heavy (non-hydrogen) atoms. The lowest BCUT2D eigenvalue weighted by Gasteiger charge is -2.33. The Morgan fingerprint density at radius 2 is 1.72 bits per heavy atom. The van der Waals surface area contributed by atoms with Gasteiger partial charge < -0.3 is 19.8 Å². The van der Waals surface area contributed by atoms with E-state index in [1.54, 1.807) is 12.1 Å². The first-order valence-corrected chi connectivity index (χ1v) is 12.6. The number of hydrogen-bond donors (Lipinski definition) is 1. The summed E-state index contributed by atoms with van der Waals surface area (Å²) in [6, 6.07) is 9.66. The number of nitrogens with one attached hydrogen (secondary N) is 1. The summed E-state index contributed by atoms with van der Waals surface area (Å²) in [6.45, 7) is 3.75. The number of amides is 3. The molecule has 2 saturated heterocycles. The van der Waals surface area contributed by atoms with Gasteiger partial charge in [-0.1, -0.05) is 18.2 Å². The maximum Gasteiger partial charge on any atom is 0.493 e. The number of rotatable bonds is 5. The number of piperidine rings is 2. The highest BCUT2D eigenvalue weighted by Gasteiger charge is 2.49. The number of hydrogen-bond acceptors (Lipinski definition) is 7. The van der Waals surface area contributed by atoms with Crippen LogP contribution in [-0.2, 0) is 25.8 Å². The van der Waals surface area contributed by atoms with E-state index >= 15 is 0 Å². The Hall–Kier alpha value is -3.93. The first-order valence-electron chi connectivity index (χ1n) is 12.6. The van der Waals surface area contributed by atoms with E-state index in [0.717, 1.165) is 48.4 Å². The zero-order valence-electron chi connectivity index (χ0n) is 21.0. The summed E-state index contributed by atoms with van der Waals surface area (Å²) in [4.78, 5) is 54.9. The molecular weight excluding hydrogens is 519 g/mol. The third-order valence-electron chi connectivity index (χ3n) is 7.20. The minimum atomic E-state index is -5.39. The van der Waals surface area contributed by atoms with E-state index in [2.05, 4.69) is 10.2 Å². The van der Waals surface area contributed by atoms with Crippen LogP contribution in [0.2, 0.25) is 0 Å². The third-order valence-corrected chi connectivity index (χ3v) is 7.20. The van der Waals surface area contributed by atoms with Gasteiger partial charge in [-0.05, 0) is 79.7 Å². The number of carbonyl (C=O) groups is 4. The van der Waals surface area contributed by atoms with Crippen LogP contribution in [0.5, 0.6) is 5.75 Å². The summed E-state index contributed by atoms with van der Waals surface area (Å²) in [5.74, 6) is -4.71. The maximum absolute atomic E-state index is 13.3. The van der Waals surface area contributed by atoms with Crippen LogP contribution in [0.1, 0.15) is 47.2 Å². The Balaban J connectivity index is 1.37. The molecule has 0 saturated carbocycles. The molecule has 1 atom stereocenters. The Morgan fingerprint density at radius 3 is 2.41 bits per heavy atom. The fourth-order valence-electron chi connectivity index (χ4n) is 5.24. The Kier molecular flexibility index (Phi) is 7.06. The molecule has 3 heterocycles. The van der Waals surface area contributed by atoms with Crippen LogP contribution in [-0.4, -0.2) is 65.1 Å². The van der Waals surface area contributed by atoms with E-state index in [9.17, 15) is 32.3 Å². The average molecular weight is 546 g/mol. The second-order valence-corrected chi connectivity index (χ2v) is 9.77. The zero-order valence-corrected chi connectivity index (χ0v) is 21.0. The molecule has 1 unspecified atom stereocenters. The smallest absolute Gasteiger partial charge is 0.490 e. The van der Waals surface area contributed by atoms with E-state index in [4.69, 9.17) is 4.74 Å². The number of ether oxygens (including phenoxy) is 1. The zero-order chi connectivity index (χ0) is 27.9. The summed E-state index contributed by atoms with van der Waals surface area (Å²) < 4.78 is 44.2. The molecule has 206 valence electrons. The number of halogens is 3. The molecule has 2 aromatic carbocycles. The van der Waals surface area contributed by atoms with E-state index in [0.29, 0.717) is 11.1 Å². The van der Waals surface area contributed by atoms with E-state index in [1.807, 2.05) is 31.2 Å². The molecule has 9 nitrogen and oxygen atoms in total. The predicted octanol–water partition coefficient (Wildman–Crippen LogP) is 3.29. The predicted molar refractivity (Wildman–Crippen MR) is 130 cm³/mol. The molecule has 1 N–H and O–H groups in total. The molecule has 3 amide bonds. The van der Waals surface area contributed by atoms with Crippen LogP contribution in [0.15, 0.2) is 36.4 Å². The standard InChI is InChI=1S/C27H26F3N3O6/c1-15-13-17(38-16-9-11-31-12-10-16)5-6-18(15)19-3-2-4-20-21(19)14-32(24(20)35)22-7-8-23(34)33(25(22)36)39-26(37)27(28,29)30/h2-6,13,16,22,31H,7-12,14H2,1H3. The molecule has 0 aliphatic carbocycles. The second kappa shape index (κ2) is 10.3. The van der Waals surface area contributed by atoms with Crippen molar-refractivity contribution in [1.29, 1.82) is 0 Å². The summed E-state index contributed by atoms with van der Waals surface area (Å²) in [5, 5.41) is 3.13. The lowest BCUT2D eigenvalue weighted by molar-refractivity contribution is -0.238. The van der Waals surface area contributed by atoms with E-state index in [1.165, 1.54) is 4.90 Å². The van der Waals surface area contributed by atoms with E-state index in [-0.39, 0.29) is 30.6 Å². The van der Waals surface area contributed by atoms with E-state index < -0.39 is 35.9 Å². The SMILES string of the molecule is Cc1cc(OC2CCNCC2)ccc1-c1cccc2c1CN(C1CCC(=O)N(OC(=O)C(F)(F)F)C1=O)C2=O. The number of carbonyl (C=O) groups excluding carboxylic acids is 4. The summed E-state index contributed by atoms with van der Waals surface area (Å²) in [7, 11) is 0. The topological polar surface area (TPSA) is 105 Å². The van der Waals surface area contributed by atoms with Gasteiger partial charge in [0.15, 0.2) is 0 Å².